The number of para-hydroxylation sites is 1. The Hall–Kier alpha value is -2.00. The second-order valence-corrected chi connectivity index (χ2v) is 5.22. The van der Waals surface area contributed by atoms with Crippen LogP contribution >= 0.6 is 11.6 Å². The topological polar surface area (TPSA) is 27.1 Å². The molecule has 3 rings (SSSR count). The van der Waals surface area contributed by atoms with Crippen molar-refractivity contribution in [2.45, 2.75) is 13.5 Å². The molecular weight excluding hydrogens is 272 g/mol. The minimum atomic E-state index is 0.433. The molecule has 0 fully saturated rings. The summed E-state index contributed by atoms with van der Waals surface area (Å²) < 4.78 is 7.74. The lowest BCUT2D eigenvalue weighted by atomic mass is 10.2. The average molecular weight is 287 g/mol. The molecule has 0 aliphatic carbocycles. The predicted octanol–water partition coefficient (Wildman–Crippen LogP) is 4.11. The molecule has 1 heterocycles. The van der Waals surface area contributed by atoms with Crippen molar-refractivity contribution in [1.29, 1.82) is 0 Å². The highest BCUT2D eigenvalue weighted by atomic mass is 35.5. The van der Waals surface area contributed by atoms with Crippen LogP contribution in [-0.4, -0.2) is 9.78 Å². The van der Waals surface area contributed by atoms with Crippen LogP contribution in [0.5, 0.6) is 5.75 Å². The summed E-state index contributed by atoms with van der Waals surface area (Å²) in [6, 6.07) is 13.8. The fourth-order valence-corrected chi connectivity index (χ4v) is 2.43. The Morgan fingerprint density at radius 2 is 2.00 bits per heavy atom. The minimum absolute atomic E-state index is 0.433. The lowest BCUT2D eigenvalue weighted by molar-refractivity contribution is 0.299. The van der Waals surface area contributed by atoms with Crippen LogP contribution < -0.4 is 4.74 Å². The Labute approximate surface area is 122 Å². The van der Waals surface area contributed by atoms with Crippen molar-refractivity contribution in [3.05, 3.63) is 58.7 Å². The van der Waals surface area contributed by atoms with Gasteiger partial charge in [-0.15, -0.1) is 0 Å². The maximum Gasteiger partial charge on any atom is 0.133 e. The van der Waals surface area contributed by atoms with Gasteiger partial charge >= 0.3 is 0 Å². The Kier molecular flexibility index (Phi) is 3.36. The first-order chi connectivity index (χ1) is 9.65. The zero-order valence-corrected chi connectivity index (χ0v) is 12.2. The number of aromatic nitrogens is 2. The fraction of sp³-hybridized carbons (Fsp3) is 0.188. The summed E-state index contributed by atoms with van der Waals surface area (Å²) >= 11 is 6.00. The maximum absolute atomic E-state index is 6.00. The zero-order chi connectivity index (χ0) is 14.1. The molecule has 0 bridgehead atoms. The molecule has 0 N–H and O–H groups in total. The molecule has 20 heavy (non-hydrogen) atoms. The Bertz CT molecular complexity index is 764. The fourth-order valence-electron chi connectivity index (χ4n) is 2.27. The summed E-state index contributed by atoms with van der Waals surface area (Å²) in [6.07, 6.45) is 0. The number of rotatable bonds is 3. The van der Waals surface area contributed by atoms with Gasteiger partial charge in [0.25, 0.3) is 0 Å². The predicted molar refractivity (Wildman–Crippen MR) is 81.2 cm³/mol. The summed E-state index contributed by atoms with van der Waals surface area (Å²) in [6.45, 7) is 2.44. The molecule has 3 aromatic rings. The Balaban J connectivity index is 1.89. The molecule has 0 aliphatic heterocycles. The molecule has 0 unspecified atom stereocenters. The van der Waals surface area contributed by atoms with Crippen LogP contribution in [0.4, 0.5) is 0 Å². The number of halogens is 1. The van der Waals surface area contributed by atoms with Crippen LogP contribution in [0.25, 0.3) is 10.9 Å². The highest BCUT2D eigenvalue weighted by molar-refractivity contribution is 6.30. The normalized spacial score (nSPS) is 10.9. The number of nitrogens with zero attached hydrogens (tertiary/aromatic N) is 2. The minimum Gasteiger partial charge on any atom is -0.487 e. The zero-order valence-electron chi connectivity index (χ0n) is 11.4. The standard InChI is InChI=1S/C16H15ClN2O/c1-11-7-8-12(17)9-16(11)20-10-14-13-5-3-4-6-15(13)19(2)18-14/h3-9H,10H2,1-2H3. The Morgan fingerprint density at radius 1 is 1.20 bits per heavy atom. The lowest BCUT2D eigenvalue weighted by Gasteiger charge is -2.08. The van der Waals surface area contributed by atoms with E-state index in [1.807, 2.05) is 49.0 Å². The molecular formula is C16H15ClN2O. The molecule has 3 nitrogen and oxygen atoms in total. The van der Waals surface area contributed by atoms with Gasteiger partial charge in [-0.1, -0.05) is 35.9 Å². The van der Waals surface area contributed by atoms with Crippen LogP contribution in [0.1, 0.15) is 11.3 Å². The lowest BCUT2D eigenvalue weighted by Crippen LogP contribution is -1.99. The van der Waals surface area contributed by atoms with E-state index in [0.29, 0.717) is 11.6 Å². The number of fused-ring (bicyclic) bond motifs is 1. The average Bonchev–Trinajstić information content (AvgIpc) is 2.77. The molecule has 102 valence electrons. The monoisotopic (exact) mass is 286 g/mol. The molecule has 0 amide bonds. The van der Waals surface area contributed by atoms with E-state index in [1.54, 1.807) is 0 Å². The van der Waals surface area contributed by atoms with E-state index in [2.05, 4.69) is 17.2 Å². The van der Waals surface area contributed by atoms with Crippen molar-refractivity contribution in [3.63, 3.8) is 0 Å². The van der Waals surface area contributed by atoms with Crippen molar-refractivity contribution in [1.82, 2.24) is 9.78 Å². The van der Waals surface area contributed by atoms with Crippen LogP contribution in [0, 0.1) is 6.92 Å². The maximum atomic E-state index is 6.00. The van der Waals surface area contributed by atoms with E-state index in [0.717, 1.165) is 27.9 Å². The molecule has 2 aromatic carbocycles. The van der Waals surface area contributed by atoms with Gasteiger partial charge in [0.2, 0.25) is 0 Å². The first kappa shape index (κ1) is 13.0. The smallest absolute Gasteiger partial charge is 0.133 e. The molecule has 0 saturated heterocycles. The van der Waals surface area contributed by atoms with Crippen molar-refractivity contribution in [2.24, 2.45) is 7.05 Å². The van der Waals surface area contributed by atoms with Crippen LogP contribution in [0.15, 0.2) is 42.5 Å². The van der Waals surface area contributed by atoms with Crippen molar-refractivity contribution in [2.75, 3.05) is 0 Å². The molecule has 0 aliphatic rings. The Morgan fingerprint density at radius 3 is 2.85 bits per heavy atom. The van der Waals surface area contributed by atoms with E-state index in [-0.39, 0.29) is 0 Å². The van der Waals surface area contributed by atoms with Gasteiger partial charge in [-0.05, 0) is 30.7 Å². The number of aryl methyl sites for hydroxylation is 2. The van der Waals surface area contributed by atoms with Crippen LogP contribution in [-0.2, 0) is 13.7 Å². The van der Waals surface area contributed by atoms with E-state index >= 15 is 0 Å². The van der Waals surface area contributed by atoms with Gasteiger partial charge in [-0.25, -0.2) is 0 Å². The van der Waals surface area contributed by atoms with Crippen molar-refractivity contribution in [3.8, 4) is 5.75 Å². The highest BCUT2D eigenvalue weighted by Crippen LogP contribution is 2.25. The molecule has 0 atom stereocenters. The van der Waals surface area contributed by atoms with E-state index < -0.39 is 0 Å². The van der Waals surface area contributed by atoms with E-state index in [9.17, 15) is 0 Å². The number of benzene rings is 2. The molecule has 1 aromatic heterocycles. The first-order valence-electron chi connectivity index (χ1n) is 6.45. The third kappa shape index (κ3) is 2.37. The molecule has 4 heteroatoms. The van der Waals surface area contributed by atoms with Gasteiger partial charge in [-0.3, -0.25) is 4.68 Å². The number of ether oxygens (including phenoxy) is 1. The summed E-state index contributed by atoms with van der Waals surface area (Å²) in [4.78, 5) is 0. The van der Waals surface area contributed by atoms with Gasteiger partial charge < -0.3 is 4.74 Å². The van der Waals surface area contributed by atoms with Gasteiger partial charge in [0.15, 0.2) is 0 Å². The SMILES string of the molecule is Cc1ccc(Cl)cc1OCc1nn(C)c2ccccc12. The van der Waals surface area contributed by atoms with Crippen molar-refractivity contribution >= 4 is 22.5 Å². The van der Waals surface area contributed by atoms with Gasteiger partial charge in [-0.2, -0.15) is 5.10 Å². The summed E-state index contributed by atoms with van der Waals surface area (Å²) in [7, 11) is 1.94. The van der Waals surface area contributed by atoms with Gasteiger partial charge in [0.05, 0.1) is 5.52 Å². The number of hydrogen-bond acceptors (Lipinski definition) is 2. The third-order valence-electron chi connectivity index (χ3n) is 3.35. The largest absolute Gasteiger partial charge is 0.487 e. The second kappa shape index (κ2) is 5.17. The van der Waals surface area contributed by atoms with Crippen LogP contribution in [0.2, 0.25) is 5.02 Å². The van der Waals surface area contributed by atoms with E-state index in [1.165, 1.54) is 0 Å². The number of hydrogen-bond donors (Lipinski definition) is 0. The molecule has 0 radical (unpaired) electrons. The summed E-state index contributed by atoms with van der Waals surface area (Å²) in [5.41, 5.74) is 3.10. The van der Waals surface area contributed by atoms with Crippen LogP contribution in [0.3, 0.4) is 0 Å². The molecule has 0 spiro atoms. The quantitative estimate of drug-likeness (QED) is 0.724. The second-order valence-electron chi connectivity index (χ2n) is 4.79. The third-order valence-corrected chi connectivity index (χ3v) is 3.58. The molecule has 0 saturated carbocycles. The van der Waals surface area contributed by atoms with Gasteiger partial charge in [0, 0.05) is 17.5 Å². The summed E-state index contributed by atoms with van der Waals surface area (Å²) in [5, 5.41) is 6.31. The van der Waals surface area contributed by atoms with Crippen molar-refractivity contribution < 1.29 is 4.74 Å². The highest BCUT2D eigenvalue weighted by Gasteiger charge is 2.09. The van der Waals surface area contributed by atoms with E-state index in [4.69, 9.17) is 16.3 Å². The first-order valence-corrected chi connectivity index (χ1v) is 6.82. The summed E-state index contributed by atoms with van der Waals surface area (Å²) in [5.74, 6) is 0.798. The van der Waals surface area contributed by atoms with Gasteiger partial charge in [0.1, 0.15) is 18.1 Å².